The predicted octanol–water partition coefficient (Wildman–Crippen LogP) is 2.28. The topological polar surface area (TPSA) is 108 Å². The molecule has 0 radical (unpaired) electrons. The molecule has 1 unspecified atom stereocenters. The van der Waals surface area contributed by atoms with E-state index in [4.69, 9.17) is 9.47 Å². The zero-order valence-electron chi connectivity index (χ0n) is 14.2. The summed E-state index contributed by atoms with van der Waals surface area (Å²) < 4.78 is 9.94. The lowest BCUT2D eigenvalue weighted by Gasteiger charge is -2.37. The van der Waals surface area contributed by atoms with Crippen molar-refractivity contribution in [3.05, 3.63) is 10.1 Å². The maximum Gasteiger partial charge on any atom is 0.407 e. The van der Waals surface area contributed by atoms with E-state index in [2.05, 4.69) is 5.32 Å². The van der Waals surface area contributed by atoms with Gasteiger partial charge in [0.15, 0.2) is 0 Å². The number of carbonyl (C=O) groups excluding carboxylic acids is 2. The first kappa shape index (κ1) is 19.2. The van der Waals surface area contributed by atoms with Crippen LogP contribution in [0.15, 0.2) is 0 Å². The fourth-order valence-electron chi connectivity index (χ4n) is 2.58. The average molecular weight is 330 g/mol. The first-order valence-corrected chi connectivity index (χ1v) is 7.91. The third-order valence-corrected chi connectivity index (χ3v) is 3.66. The molecular formula is C15H26N2O6. The molecule has 0 aromatic rings. The second-order valence-electron chi connectivity index (χ2n) is 6.77. The number of esters is 1. The minimum atomic E-state index is -0.781. The molecule has 8 nitrogen and oxygen atoms in total. The van der Waals surface area contributed by atoms with Gasteiger partial charge < -0.3 is 14.8 Å². The number of carbonyl (C=O) groups is 2. The Kier molecular flexibility index (Phi) is 6.78. The van der Waals surface area contributed by atoms with Crippen molar-refractivity contribution >= 4 is 12.1 Å². The smallest absolute Gasteiger partial charge is 0.407 e. The van der Waals surface area contributed by atoms with Gasteiger partial charge in [0, 0.05) is 23.3 Å². The molecule has 0 bridgehead atoms. The Balaban J connectivity index is 2.37. The lowest BCUT2D eigenvalue weighted by molar-refractivity contribution is -0.536. The normalized spacial score (nSPS) is 21.7. The average Bonchev–Trinajstić information content (AvgIpc) is 2.33. The lowest BCUT2D eigenvalue weighted by Crippen LogP contribution is -2.50. The van der Waals surface area contributed by atoms with E-state index in [1.165, 1.54) is 0 Å². The van der Waals surface area contributed by atoms with Crippen LogP contribution in [-0.4, -0.2) is 41.3 Å². The Labute approximate surface area is 136 Å². The summed E-state index contributed by atoms with van der Waals surface area (Å²) in [5.41, 5.74) is -0.573. The molecule has 1 fully saturated rings. The molecule has 1 saturated carbocycles. The molecule has 0 spiro atoms. The van der Waals surface area contributed by atoms with Crippen molar-refractivity contribution in [2.24, 2.45) is 5.92 Å². The number of amides is 1. The van der Waals surface area contributed by atoms with Gasteiger partial charge in [-0.2, -0.15) is 0 Å². The first-order valence-electron chi connectivity index (χ1n) is 7.91. The highest BCUT2D eigenvalue weighted by atomic mass is 16.6. The minimum absolute atomic E-state index is 0.0418. The number of rotatable bonds is 7. The summed E-state index contributed by atoms with van der Waals surface area (Å²) in [6.07, 6.45) is 0.738. The van der Waals surface area contributed by atoms with Crippen molar-refractivity contribution in [3.8, 4) is 0 Å². The van der Waals surface area contributed by atoms with E-state index in [0.717, 1.165) is 0 Å². The Morgan fingerprint density at radius 2 is 1.96 bits per heavy atom. The van der Waals surface area contributed by atoms with E-state index in [1.807, 2.05) is 0 Å². The number of alkyl carbamates (subject to hydrolysis) is 1. The van der Waals surface area contributed by atoms with Gasteiger partial charge in [0.1, 0.15) is 5.60 Å². The van der Waals surface area contributed by atoms with Gasteiger partial charge >= 0.3 is 12.1 Å². The Bertz CT molecular complexity index is 440. The van der Waals surface area contributed by atoms with Crippen molar-refractivity contribution in [2.75, 3.05) is 6.61 Å². The lowest BCUT2D eigenvalue weighted by atomic mass is 9.74. The molecule has 1 atom stereocenters. The van der Waals surface area contributed by atoms with Crippen LogP contribution < -0.4 is 5.32 Å². The molecule has 1 rings (SSSR count). The standard InChI is InChI=1S/C15H26N2O6/c1-5-22-13(18)7-6-12(17(20)21)10-8-11(9-10)16-14(19)23-15(2,3)4/h10-12H,5-9H2,1-4H3,(H,16,19). The van der Waals surface area contributed by atoms with Crippen LogP contribution in [0.25, 0.3) is 0 Å². The van der Waals surface area contributed by atoms with Gasteiger partial charge in [-0.15, -0.1) is 0 Å². The Hall–Kier alpha value is -1.86. The zero-order valence-corrected chi connectivity index (χ0v) is 14.2. The van der Waals surface area contributed by atoms with Crippen molar-refractivity contribution in [2.45, 2.75) is 71.1 Å². The third kappa shape index (κ3) is 6.83. The third-order valence-electron chi connectivity index (χ3n) is 3.66. The highest BCUT2D eigenvalue weighted by molar-refractivity contribution is 5.69. The van der Waals surface area contributed by atoms with Crippen LogP contribution in [0.2, 0.25) is 0 Å². The summed E-state index contributed by atoms with van der Waals surface area (Å²) in [7, 11) is 0. The SMILES string of the molecule is CCOC(=O)CCC(C1CC(NC(=O)OC(C)(C)C)C1)[N+](=O)[O-]. The molecule has 1 amide bonds. The first-order chi connectivity index (χ1) is 10.6. The summed E-state index contributed by atoms with van der Waals surface area (Å²) in [6, 6.07) is -0.893. The van der Waals surface area contributed by atoms with Gasteiger partial charge in [0.2, 0.25) is 6.04 Å². The van der Waals surface area contributed by atoms with Crippen LogP contribution in [0.3, 0.4) is 0 Å². The fraction of sp³-hybridized carbons (Fsp3) is 0.867. The molecular weight excluding hydrogens is 304 g/mol. The van der Waals surface area contributed by atoms with Crippen molar-refractivity contribution in [1.82, 2.24) is 5.32 Å². The number of ether oxygens (including phenoxy) is 2. The second kappa shape index (κ2) is 8.12. The van der Waals surface area contributed by atoms with Gasteiger partial charge in [0.05, 0.1) is 13.0 Å². The highest BCUT2D eigenvalue weighted by Gasteiger charge is 2.42. The van der Waals surface area contributed by atoms with E-state index in [-0.39, 0.29) is 36.3 Å². The molecule has 0 saturated heterocycles. The molecule has 0 aromatic heterocycles. The van der Waals surface area contributed by atoms with Crippen molar-refractivity contribution < 1.29 is 24.0 Å². The number of hydrogen-bond donors (Lipinski definition) is 1. The van der Waals surface area contributed by atoms with Crippen LogP contribution in [0, 0.1) is 16.0 Å². The van der Waals surface area contributed by atoms with Gasteiger partial charge in [-0.25, -0.2) is 4.79 Å². The maximum absolute atomic E-state index is 11.6. The summed E-state index contributed by atoms with van der Waals surface area (Å²) in [5, 5.41) is 13.9. The summed E-state index contributed by atoms with van der Waals surface area (Å²) in [4.78, 5) is 33.8. The highest BCUT2D eigenvalue weighted by Crippen LogP contribution is 2.33. The van der Waals surface area contributed by atoms with Crippen molar-refractivity contribution in [3.63, 3.8) is 0 Å². The summed E-state index contributed by atoms with van der Waals surface area (Å²) in [6.45, 7) is 7.28. The van der Waals surface area contributed by atoms with E-state index >= 15 is 0 Å². The molecule has 0 heterocycles. The van der Waals surface area contributed by atoms with E-state index in [1.54, 1.807) is 27.7 Å². The summed E-state index contributed by atoms with van der Waals surface area (Å²) in [5.74, 6) is -0.554. The number of nitrogens with one attached hydrogen (secondary N) is 1. The molecule has 132 valence electrons. The predicted molar refractivity (Wildman–Crippen MR) is 82.5 cm³/mol. The fourth-order valence-corrected chi connectivity index (χ4v) is 2.58. The number of nitro groups is 1. The molecule has 23 heavy (non-hydrogen) atoms. The maximum atomic E-state index is 11.6. The minimum Gasteiger partial charge on any atom is -0.466 e. The van der Waals surface area contributed by atoms with E-state index < -0.39 is 23.7 Å². The van der Waals surface area contributed by atoms with Gasteiger partial charge in [-0.05, 0) is 40.5 Å². The van der Waals surface area contributed by atoms with Crippen LogP contribution in [0.5, 0.6) is 0 Å². The Morgan fingerprint density at radius 1 is 1.35 bits per heavy atom. The Morgan fingerprint density at radius 3 is 2.43 bits per heavy atom. The zero-order chi connectivity index (χ0) is 17.6. The second-order valence-corrected chi connectivity index (χ2v) is 6.77. The van der Waals surface area contributed by atoms with E-state index in [0.29, 0.717) is 12.8 Å². The molecule has 0 aromatic carbocycles. The molecule has 1 aliphatic rings. The monoisotopic (exact) mass is 330 g/mol. The van der Waals surface area contributed by atoms with Crippen LogP contribution in [-0.2, 0) is 14.3 Å². The molecule has 0 aliphatic heterocycles. The van der Waals surface area contributed by atoms with Gasteiger partial charge in [0.25, 0.3) is 0 Å². The number of nitrogens with zero attached hydrogens (tertiary/aromatic N) is 1. The van der Waals surface area contributed by atoms with Gasteiger partial charge in [-0.1, -0.05) is 0 Å². The molecule has 1 N–H and O–H groups in total. The van der Waals surface area contributed by atoms with Crippen molar-refractivity contribution in [1.29, 1.82) is 0 Å². The van der Waals surface area contributed by atoms with E-state index in [9.17, 15) is 19.7 Å². The quantitative estimate of drug-likeness (QED) is 0.436. The molecule has 1 aliphatic carbocycles. The van der Waals surface area contributed by atoms with Crippen LogP contribution in [0.4, 0.5) is 4.79 Å². The number of hydrogen-bond acceptors (Lipinski definition) is 6. The largest absolute Gasteiger partial charge is 0.466 e. The van der Waals surface area contributed by atoms with Crippen LogP contribution in [0.1, 0.15) is 53.4 Å². The summed E-state index contributed by atoms with van der Waals surface area (Å²) >= 11 is 0. The van der Waals surface area contributed by atoms with Crippen LogP contribution >= 0.6 is 0 Å². The molecule has 8 heteroatoms. The van der Waals surface area contributed by atoms with Gasteiger partial charge in [-0.3, -0.25) is 14.9 Å².